The predicted octanol–water partition coefficient (Wildman–Crippen LogP) is 1.43. The third-order valence-electron chi connectivity index (χ3n) is 2.10. The van der Waals surface area contributed by atoms with Gasteiger partial charge < -0.3 is 4.74 Å². The summed E-state index contributed by atoms with van der Waals surface area (Å²) in [5.74, 6) is -0.000105. The molecule has 15 heavy (non-hydrogen) atoms. The van der Waals surface area contributed by atoms with E-state index in [9.17, 15) is 4.79 Å². The molecule has 0 aliphatic carbocycles. The SMILES string of the molecule is COC(=O)[C@@H](NCc1cncs1)C(C)C. The number of thiazole rings is 1. The molecule has 0 radical (unpaired) electrons. The second-order valence-corrected chi connectivity index (χ2v) is 4.56. The highest BCUT2D eigenvalue weighted by molar-refractivity contribution is 7.09. The molecule has 0 amide bonds. The fraction of sp³-hybridized carbons (Fsp3) is 0.600. The first-order valence-electron chi connectivity index (χ1n) is 4.83. The second kappa shape index (κ2) is 5.82. The highest BCUT2D eigenvalue weighted by Gasteiger charge is 2.22. The zero-order valence-electron chi connectivity index (χ0n) is 9.19. The van der Waals surface area contributed by atoms with Crippen LogP contribution < -0.4 is 5.32 Å². The van der Waals surface area contributed by atoms with Crippen molar-refractivity contribution in [3.8, 4) is 0 Å². The Morgan fingerprint density at radius 1 is 1.67 bits per heavy atom. The number of methoxy groups -OCH3 is 1. The lowest BCUT2D eigenvalue weighted by Crippen LogP contribution is -2.41. The lowest BCUT2D eigenvalue weighted by Gasteiger charge is -2.19. The van der Waals surface area contributed by atoms with E-state index in [1.807, 2.05) is 13.8 Å². The second-order valence-electron chi connectivity index (χ2n) is 3.59. The summed E-state index contributed by atoms with van der Waals surface area (Å²) in [5.41, 5.74) is 1.78. The van der Waals surface area contributed by atoms with E-state index in [2.05, 4.69) is 10.3 Å². The standard InChI is InChI=1S/C10H16N2O2S/c1-7(2)9(10(13)14-3)12-5-8-4-11-6-15-8/h4,6-7,9,12H,5H2,1-3H3/t9-/m0/s1. The van der Waals surface area contributed by atoms with Crippen LogP contribution in [-0.2, 0) is 16.1 Å². The fourth-order valence-electron chi connectivity index (χ4n) is 1.26. The van der Waals surface area contributed by atoms with Gasteiger partial charge >= 0.3 is 5.97 Å². The molecule has 0 saturated carbocycles. The minimum atomic E-state index is -0.253. The average Bonchev–Trinajstić information content (AvgIpc) is 2.70. The van der Waals surface area contributed by atoms with Crippen LogP contribution >= 0.6 is 11.3 Å². The van der Waals surface area contributed by atoms with Crippen LogP contribution in [0.2, 0.25) is 0 Å². The quantitative estimate of drug-likeness (QED) is 0.775. The highest BCUT2D eigenvalue weighted by Crippen LogP contribution is 2.08. The average molecular weight is 228 g/mol. The van der Waals surface area contributed by atoms with E-state index in [-0.39, 0.29) is 17.9 Å². The summed E-state index contributed by atoms with van der Waals surface area (Å²) in [6, 6.07) is -0.253. The van der Waals surface area contributed by atoms with Gasteiger partial charge in [0.2, 0.25) is 0 Å². The minimum absolute atomic E-state index is 0.213. The van der Waals surface area contributed by atoms with Gasteiger partial charge in [0.1, 0.15) is 6.04 Å². The van der Waals surface area contributed by atoms with Gasteiger partial charge in [-0.05, 0) is 5.92 Å². The van der Waals surface area contributed by atoms with E-state index in [0.717, 1.165) is 4.88 Å². The molecule has 5 heteroatoms. The number of hydrogen-bond acceptors (Lipinski definition) is 5. The number of ether oxygens (including phenoxy) is 1. The molecule has 1 rings (SSSR count). The third-order valence-corrected chi connectivity index (χ3v) is 2.88. The first-order valence-corrected chi connectivity index (χ1v) is 5.71. The number of hydrogen-bond donors (Lipinski definition) is 1. The molecule has 4 nitrogen and oxygen atoms in total. The first kappa shape index (κ1) is 12.1. The topological polar surface area (TPSA) is 51.2 Å². The van der Waals surface area contributed by atoms with E-state index in [1.165, 1.54) is 7.11 Å². The van der Waals surface area contributed by atoms with Crippen molar-refractivity contribution >= 4 is 17.3 Å². The van der Waals surface area contributed by atoms with Crippen LogP contribution in [0.5, 0.6) is 0 Å². The van der Waals surface area contributed by atoms with Crippen molar-refractivity contribution in [2.45, 2.75) is 26.4 Å². The van der Waals surface area contributed by atoms with Crippen molar-refractivity contribution < 1.29 is 9.53 Å². The lowest BCUT2D eigenvalue weighted by atomic mass is 10.0. The van der Waals surface area contributed by atoms with E-state index < -0.39 is 0 Å². The zero-order chi connectivity index (χ0) is 11.3. The van der Waals surface area contributed by atoms with Gasteiger partial charge in [-0.15, -0.1) is 11.3 Å². The molecule has 1 aromatic rings. The van der Waals surface area contributed by atoms with Gasteiger partial charge in [-0.1, -0.05) is 13.8 Å². The molecule has 1 N–H and O–H groups in total. The molecule has 0 aromatic carbocycles. The summed E-state index contributed by atoms with van der Waals surface area (Å²) in [6.07, 6.45) is 1.80. The number of nitrogens with one attached hydrogen (secondary N) is 1. The Balaban J connectivity index is 2.49. The van der Waals surface area contributed by atoms with E-state index >= 15 is 0 Å². The van der Waals surface area contributed by atoms with Crippen LogP contribution in [0.4, 0.5) is 0 Å². The van der Waals surface area contributed by atoms with Gasteiger partial charge in [-0.25, -0.2) is 0 Å². The van der Waals surface area contributed by atoms with Crippen molar-refractivity contribution in [3.05, 3.63) is 16.6 Å². The molecule has 0 saturated heterocycles. The Hall–Kier alpha value is -0.940. The Labute approximate surface area is 93.7 Å². The lowest BCUT2D eigenvalue weighted by molar-refractivity contribution is -0.144. The van der Waals surface area contributed by atoms with Crippen LogP contribution in [0.3, 0.4) is 0 Å². The maximum absolute atomic E-state index is 11.4. The van der Waals surface area contributed by atoms with Crippen molar-refractivity contribution in [1.82, 2.24) is 10.3 Å². The zero-order valence-corrected chi connectivity index (χ0v) is 10.0. The summed E-state index contributed by atoms with van der Waals surface area (Å²) >= 11 is 1.57. The third kappa shape index (κ3) is 3.60. The maximum atomic E-state index is 11.4. The molecular formula is C10H16N2O2S. The number of carbonyl (C=O) groups excluding carboxylic acids is 1. The fourth-order valence-corrected chi connectivity index (χ4v) is 1.80. The van der Waals surface area contributed by atoms with Crippen LogP contribution in [-0.4, -0.2) is 24.1 Å². The van der Waals surface area contributed by atoms with Crippen molar-refractivity contribution in [3.63, 3.8) is 0 Å². The van der Waals surface area contributed by atoms with E-state index in [1.54, 1.807) is 23.0 Å². The molecule has 0 fully saturated rings. The van der Waals surface area contributed by atoms with Gasteiger partial charge in [0.25, 0.3) is 0 Å². The monoisotopic (exact) mass is 228 g/mol. The summed E-state index contributed by atoms with van der Waals surface area (Å²) in [4.78, 5) is 16.5. The number of rotatable bonds is 5. The minimum Gasteiger partial charge on any atom is -0.468 e. The Morgan fingerprint density at radius 2 is 2.40 bits per heavy atom. The Bertz CT molecular complexity index is 298. The number of aromatic nitrogens is 1. The number of nitrogens with zero attached hydrogens (tertiary/aromatic N) is 1. The molecule has 84 valence electrons. The van der Waals surface area contributed by atoms with Crippen LogP contribution in [0.15, 0.2) is 11.7 Å². The Morgan fingerprint density at radius 3 is 2.87 bits per heavy atom. The molecule has 1 atom stereocenters. The predicted molar refractivity (Wildman–Crippen MR) is 59.6 cm³/mol. The van der Waals surface area contributed by atoms with Crippen molar-refractivity contribution in [1.29, 1.82) is 0 Å². The molecule has 1 heterocycles. The van der Waals surface area contributed by atoms with Crippen molar-refractivity contribution in [2.24, 2.45) is 5.92 Å². The number of carbonyl (C=O) groups is 1. The molecule has 0 aliphatic heterocycles. The first-order chi connectivity index (χ1) is 7.15. The summed E-state index contributed by atoms with van der Waals surface area (Å²) in [7, 11) is 1.41. The van der Waals surface area contributed by atoms with Gasteiger partial charge in [0.05, 0.1) is 12.6 Å². The molecule has 0 aliphatic rings. The van der Waals surface area contributed by atoms with E-state index in [0.29, 0.717) is 6.54 Å². The molecular weight excluding hydrogens is 212 g/mol. The van der Waals surface area contributed by atoms with Crippen LogP contribution in [0.25, 0.3) is 0 Å². The highest BCUT2D eigenvalue weighted by atomic mass is 32.1. The number of esters is 1. The summed E-state index contributed by atoms with van der Waals surface area (Å²) < 4.78 is 4.73. The summed E-state index contributed by atoms with van der Waals surface area (Å²) in [5, 5.41) is 3.17. The van der Waals surface area contributed by atoms with Gasteiger partial charge in [-0.2, -0.15) is 0 Å². The smallest absolute Gasteiger partial charge is 0.323 e. The van der Waals surface area contributed by atoms with Gasteiger partial charge in [0, 0.05) is 17.6 Å². The maximum Gasteiger partial charge on any atom is 0.323 e. The molecule has 1 aromatic heterocycles. The molecule has 0 spiro atoms. The van der Waals surface area contributed by atoms with Crippen LogP contribution in [0.1, 0.15) is 18.7 Å². The Kier molecular flexibility index (Phi) is 4.71. The summed E-state index contributed by atoms with van der Waals surface area (Å²) in [6.45, 7) is 4.63. The normalized spacial score (nSPS) is 12.8. The van der Waals surface area contributed by atoms with E-state index in [4.69, 9.17) is 4.74 Å². The van der Waals surface area contributed by atoms with Crippen molar-refractivity contribution in [2.75, 3.05) is 7.11 Å². The van der Waals surface area contributed by atoms with Gasteiger partial charge in [0.15, 0.2) is 0 Å². The van der Waals surface area contributed by atoms with Gasteiger partial charge in [-0.3, -0.25) is 15.1 Å². The largest absolute Gasteiger partial charge is 0.468 e. The van der Waals surface area contributed by atoms with Crippen LogP contribution in [0, 0.1) is 5.92 Å². The molecule has 0 unspecified atom stereocenters. The molecule has 0 bridgehead atoms.